The highest BCUT2D eigenvalue weighted by Gasteiger charge is 2.07. The van der Waals surface area contributed by atoms with E-state index in [9.17, 15) is 4.39 Å². The van der Waals surface area contributed by atoms with Crippen molar-refractivity contribution in [3.8, 4) is 0 Å². The minimum atomic E-state index is -0.248. The molecule has 0 bridgehead atoms. The SMILES string of the molecule is CC(C)NCCN(C)c1nc2ccc(F)cc2[nH]1. The van der Waals surface area contributed by atoms with Crippen LogP contribution in [0.2, 0.25) is 0 Å². The fraction of sp³-hybridized carbons (Fsp3) is 0.462. The van der Waals surface area contributed by atoms with E-state index in [-0.39, 0.29) is 5.82 Å². The van der Waals surface area contributed by atoms with Gasteiger partial charge in [-0.25, -0.2) is 9.37 Å². The standard InChI is InChI=1S/C13H19FN4/c1-9(2)15-6-7-18(3)13-16-11-5-4-10(14)8-12(11)17-13/h4-5,8-9,15H,6-7H2,1-3H3,(H,16,17). The van der Waals surface area contributed by atoms with Gasteiger partial charge in [0.05, 0.1) is 11.0 Å². The number of imidazole rings is 1. The number of hydrogen-bond acceptors (Lipinski definition) is 3. The van der Waals surface area contributed by atoms with Gasteiger partial charge < -0.3 is 15.2 Å². The third kappa shape index (κ3) is 2.98. The first-order valence-electron chi connectivity index (χ1n) is 6.16. The van der Waals surface area contributed by atoms with Gasteiger partial charge in [0.15, 0.2) is 0 Å². The number of likely N-dealkylation sites (N-methyl/N-ethyl adjacent to an activating group) is 1. The summed E-state index contributed by atoms with van der Waals surface area (Å²) in [4.78, 5) is 9.57. The maximum Gasteiger partial charge on any atom is 0.203 e. The number of anilines is 1. The van der Waals surface area contributed by atoms with E-state index in [1.54, 1.807) is 6.07 Å². The summed E-state index contributed by atoms with van der Waals surface area (Å²) in [5, 5.41) is 3.35. The Hall–Kier alpha value is -1.62. The number of fused-ring (bicyclic) bond motifs is 1. The number of aromatic amines is 1. The molecule has 2 aromatic rings. The fourth-order valence-electron chi connectivity index (χ4n) is 1.78. The molecular weight excluding hydrogens is 231 g/mol. The molecule has 0 unspecified atom stereocenters. The number of hydrogen-bond donors (Lipinski definition) is 2. The van der Waals surface area contributed by atoms with Crippen molar-refractivity contribution in [3.63, 3.8) is 0 Å². The third-order valence-corrected chi connectivity index (χ3v) is 2.79. The average molecular weight is 250 g/mol. The summed E-state index contributed by atoms with van der Waals surface area (Å²) < 4.78 is 13.1. The van der Waals surface area contributed by atoms with E-state index in [1.807, 2.05) is 11.9 Å². The first-order chi connectivity index (χ1) is 8.56. The Balaban J connectivity index is 2.06. The fourth-order valence-corrected chi connectivity index (χ4v) is 1.78. The lowest BCUT2D eigenvalue weighted by atomic mass is 10.3. The first-order valence-corrected chi connectivity index (χ1v) is 6.16. The number of aromatic nitrogens is 2. The van der Waals surface area contributed by atoms with Gasteiger partial charge in [-0.2, -0.15) is 0 Å². The second-order valence-electron chi connectivity index (χ2n) is 4.75. The van der Waals surface area contributed by atoms with E-state index in [4.69, 9.17) is 0 Å². The molecule has 2 rings (SSSR count). The predicted molar refractivity (Wildman–Crippen MR) is 72.5 cm³/mol. The Morgan fingerprint density at radius 3 is 2.94 bits per heavy atom. The number of nitrogens with zero attached hydrogens (tertiary/aromatic N) is 2. The second-order valence-corrected chi connectivity index (χ2v) is 4.75. The molecule has 0 saturated carbocycles. The van der Waals surface area contributed by atoms with Crippen molar-refractivity contribution >= 4 is 17.0 Å². The molecule has 1 aromatic carbocycles. The van der Waals surface area contributed by atoms with Gasteiger partial charge in [-0.3, -0.25) is 0 Å². The minimum absolute atomic E-state index is 0.248. The molecule has 0 aliphatic carbocycles. The Kier molecular flexibility index (Phi) is 3.81. The highest BCUT2D eigenvalue weighted by atomic mass is 19.1. The van der Waals surface area contributed by atoms with E-state index in [0.29, 0.717) is 6.04 Å². The molecule has 0 radical (unpaired) electrons. The quantitative estimate of drug-likeness (QED) is 0.854. The minimum Gasteiger partial charge on any atom is -0.344 e. The number of nitrogens with one attached hydrogen (secondary N) is 2. The zero-order valence-corrected chi connectivity index (χ0v) is 11.0. The van der Waals surface area contributed by atoms with Crippen LogP contribution in [0.4, 0.5) is 10.3 Å². The highest BCUT2D eigenvalue weighted by Crippen LogP contribution is 2.17. The molecule has 4 nitrogen and oxygen atoms in total. The molecule has 0 amide bonds. The third-order valence-electron chi connectivity index (χ3n) is 2.79. The van der Waals surface area contributed by atoms with Crippen LogP contribution in [0, 0.1) is 5.82 Å². The number of halogens is 1. The molecule has 0 aliphatic heterocycles. The van der Waals surface area contributed by atoms with Crippen LogP contribution < -0.4 is 10.2 Å². The predicted octanol–water partition coefficient (Wildman–Crippen LogP) is 2.14. The monoisotopic (exact) mass is 250 g/mol. The molecule has 0 atom stereocenters. The number of rotatable bonds is 5. The van der Waals surface area contributed by atoms with Crippen molar-refractivity contribution in [1.82, 2.24) is 15.3 Å². The van der Waals surface area contributed by atoms with Gasteiger partial charge in [0.1, 0.15) is 5.82 Å². The van der Waals surface area contributed by atoms with Crippen LogP contribution in [0.5, 0.6) is 0 Å². The van der Waals surface area contributed by atoms with E-state index < -0.39 is 0 Å². The van der Waals surface area contributed by atoms with Crippen LogP contribution in [0.3, 0.4) is 0 Å². The van der Waals surface area contributed by atoms with E-state index in [2.05, 4.69) is 29.1 Å². The van der Waals surface area contributed by atoms with Gasteiger partial charge in [-0.1, -0.05) is 13.8 Å². The van der Waals surface area contributed by atoms with Crippen molar-refractivity contribution in [1.29, 1.82) is 0 Å². The van der Waals surface area contributed by atoms with Crippen molar-refractivity contribution in [2.45, 2.75) is 19.9 Å². The van der Waals surface area contributed by atoms with Gasteiger partial charge in [-0.05, 0) is 18.2 Å². The summed E-state index contributed by atoms with van der Waals surface area (Å²) in [6.07, 6.45) is 0. The first kappa shape index (κ1) is 12.8. The average Bonchev–Trinajstić information content (AvgIpc) is 2.71. The summed E-state index contributed by atoms with van der Waals surface area (Å²) in [6.45, 7) is 5.97. The second kappa shape index (κ2) is 5.35. The normalized spacial score (nSPS) is 11.4. The zero-order chi connectivity index (χ0) is 13.1. The summed E-state index contributed by atoms with van der Waals surface area (Å²) in [7, 11) is 1.97. The lowest BCUT2D eigenvalue weighted by Gasteiger charge is -2.17. The molecule has 0 aliphatic rings. The topological polar surface area (TPSA) is 44.0 Å². The van der Waals surface area contributed by atoms with Crippen LogP contribution in [0.15, 0.2) is 18.2 Å². The lowest BCUT2D eigenvalue weighted by Crippen LogP contribution is -2.33. The molecule has 2 N–H and O–H groups in total. The van der Waals surface area contributed by atoms with Gasteiger partial charge in [0, 0.05) is 26.2 Å². The molecule has 0 fully saturated rings. The molecule has 5 heteroatoms. The Labute approximate surface area is 106 Å². The molecule has 1 heterocycles. The van der Waals surface area contributed by atoms with Gasteiger partial charge in [-0.15, -0.1) is 0 Å². The van der Waals surface area contributed by atoms with Crippen LogP contribution in [-0.4, -0.2) is 36.1 Å². The largest absolute Gasteiger partial charge is 0.344 e. The smallest absolute Gasteiger partial charge is 0.203 e. The maximum absolute atomic E-state index is 13.1. The lowest BCUT2D eigenvalue weighted by molar-refractivity contribution is 0.587. The van der Waals surface area contributed by atoms with Gasteiger partial charge in [0.25, 0.3) is 0 Å². The van der Waals surface area contributed by atoms with Crippen molar-refractivity contribution < 1.29 is 4.39 Å². The van der Waals surface area contributed by atoms with Gasteiger partial charge >= 0.3 is 0 Å². The molecule has 1 aromatic heterocycles. The van der Waals surface area contributed by atoms with E-state index in [0.717, 1.165) is 30.1 Å². The van der Waals surface area contributed by atoms with E-state index in [1.165, 1.54) is 12.1 Å². The molecule has 98 valence electrons. The van der Waals surface area contributed by atoms with Crippen LogP contribution in [-0.2, 0) is 0 Å². The summed E-state index contributed by atoms with van der Waals surface area (Å²) >= 11 is 0. The maximum atomic E-state index is 13.1. The number of H-pyrrole nitrogens is 1. The Morgan fingerprint density at radius 1 is 1.44 bits per heavy atom. The zero-order valence-electron chi connectivity index (χ0n) is 11.0. The highest BCUT2D eigenvalue weighted by molar-refractivity contribution is 5.77. The molecule has 0 spiro atoms. The van der Waals surface area contributed by atoms with Crippen molar-refractivity contribution in [3.05, 3.63) is 24.0 Å². The van der Waals surface area contributed by atoms with Crippen molar-refractivity contribution in [2.75, 3.05) is 25.0 Å². The number of benzene rings is 1. The molecular formula is C13H19FN4. The van der Waals surface area contributed by atoms with Crippen LogP contribution >= 0.6 is 0 Å². The van der Waals surface area contributed by atoms with Crippen LogP contribution in [0.1, 0.15) is 13.8 Å². The van der Waals surface area contributed by atoms with Crippen LogP contribution in [0.25, 0.3) is 11.0 Å². The molecule has 18 heavy (non-hydrogen) atoms. The van der Waals surface area contributed by atoms with Crippen molar-refractivity contribution in [2.24, 2.45) is 0 Å². The summed E-state index contributed by atoms with van der Waals surface area (Å²) in [5.41, 5.74) is 1.52. The Morgan fingerprint density at radius 2 is 2.22 bits per heavy atom. The summed E-state index contributed by atoms with van der Waals surface area (Å²) in [5.74, 6) is 0.517. The Bertz CT molecular complexity index is 521. The van der Waals surface area contributed by atoms with E-state index >= 15 is 0 Å². The summed E-state index contributed by atoms with van der Waals surface area (Å²) in [6, 6.07) is 5.05. The van der Waals surface area contributed by atoms with Gasteiger partial charge in [0.2, 0.25) is 5.95 Å². The molecule has 0 saturated heterocycles.